The minimum absolute atomic E-state index is 0.110. The lowest BCUT2D eigenvalue weighted by molar-refractivity contribution is 0.102. The molecule has 0 aliphatic heterocycles. The summed E-state index contributed by atoms with van der Waals surface area (Å²) < 4.78 is 2.71. The average Bonchev–Trinajstić information content (AvgIpc) is 2.86. The van der Waals surface area contributed by atoms with Crippen LogP contribution in [0.1, 0.15) is 35.1 Å². The Hall–Kier alpha value is -2.34. The number of carbonyl (C=O) groups is 1. The molecule has 0 fully saturated rings. The maximum absolute atomic E-state index is 12.8. The van der Waals surface area contributed by atoms with Gasteiger partial charge in [0.15, 0.2) is 0 Å². The predicted molar refractivity (Wildman–Crippen MR) is 97.7 cm³/mol. The Balaban J connectivity index is 2.09. The normalized spacial score (nSPS) is 11.0. The van der Waals surface area contributed by atoms with Gasteiger partial charge in [0.2, 0.25) is 0 Å². The molecule has 0 spiro atoms. The van der Waals surface area contributed by atoms with Gasteiger partial charge in [0.1, 0.15) is 17.1 Å². The lowest BCUT2D eigenvalue weighted by Gasteiger charge is -2.08. The van der Waals surface area contributed by atoms with Crippen molar-refractivity contribution in [3.63, 3.8) is 0 Å². The molecule has 0 radical (unpaired) electrons. The largest absolute Gasteiger partial charge is 0.508 e. The summed E-state index contributed by atoms with van der Waals surface area (Å²) in [5.74, 6) is -0.132. The average molecular weight is 388 g/mol. The van der Waals surface area contributed by atoms with Crippen molar-refractivity contribution in [2.45, 2.75) is 26.7 Å². The van der Waals surface area contributed by atoms with Gasteiger partial charge in [-0.3, -0.25) is 9.20 Å². The molecule has 0 saturated carbocycles. The molecule has 24 heavy (non-hydrogen) atoms. The molecular formula is C18H18BrN3O2. The van der Waals surface area contributed by atoms with Gasteiger partial charge in [-0.15, -0.1) is 0 Å². The molecule has 2 N–H and O–H groups in total. The van der Waals surface area contributed by atoms with Gasteiger partial charge in [0.05, 0.1) is 5.69 Å². The van der Waals surface area contributed by atoms with Crippen molar-refractivity contribution < 1.29 is 9.90 Å². The molecule has 2 aromatic heterocycles. The molecular weight excluding hydrogens is 370 g/mol. The van der Waals surface area contributed by atoms with E-state index in [1.807, 2.05) is 23.6 Å². The van der Waals surface area contributed by atoms with E-state index in [1.165, 1.54) is 6.07 Å². The number of aryl methyl sites for hydroxylation is 2. The number of phenols is 1. The zero-order valence-electron chi connectivity index (χ0n) is 13.5. The number of amides is 1. The summed E-state index contributed by atoms with van der Waals surface area (Å²) in [5.41, 5.74) is 3.63. The SMILES string of the molecule is CCCc1nc2c(C)cc(Br)cn2c1C(=O)Nc1cccc(O)c1. The van der Waals surface area contributed by atoms with Crippen LogP contribution in [0.4, 0.5) is 5.69 Å². The number of halogens is 1. The topological polar surface area (TPSA) is 66.6 Å². The maximum Gasteiger partial charge on any atom is 0.274 e. The van der Waals surface area contributed by atoms with Gasteiger partial charge in [0, 0.05) is 22.4 Å². The number of hydrogen-bond acceptors (Lipinski definition) is 3. The van der Waals surface area contributed by atoms with E-state index in [0.29, 0.717) is 11.4 Å². The van der Waals surface area contributed by atoms with Gasteiger partial charge in [-0.05, 0) is 53.0 Å². The molecule has 0 saturated heterocycles. The van der Waals surface area contributed by atoms with Crippen LogP contribution in [0.25, 0.3) is 5.65 Å². The lowest BCUT2D eigenvalue weighted by atomic mass is 10.2. The molecule has 6 heteroatoms. The number of aromatic nitrogens is 2. The molecule has 0 bridgehead atoms. The third kappa shape index (κ3) is 3.14. The highest BCUT2D eigenvalue weighted by molar-refractivity contribution is 9.10. The van der Waals surface area contributed by atoms with Crippen molar-refractivity contribution in [3.05, 3.63) is 58.0 Å². The number of hydrogen-bond donors (Lipinski definition) is 2. The van der Waals surface area contributed by atoms with Crippen LogP contribution in [0.15, 0.2) is 41.0 Å². The van der Waals surface area contributed by atoms with Crippen LogP contribution in [0, 0.1) is 6.92 Å². The molecule has 2 heterocycles. The number of carbonyl (C=O) groups excluding carboxylic acids is 1. The van der Waals surface area contributed by atoms with E-state index < -0.39 is 0 Å². The van der Waals surface area contributed by atoms with Crippen LogP contribution in [-0.2, 0) is 6.42 Å². The van der Waals surface area contributed by atoms with Gasteiger partial charge in [-0.25, -0.2) is 4.98 Å². The Kier molecular flexibility index (Phi) is 4.57. The minimum atomic E-state index is -0.242. The van der Waals surface area contributed by atoms with Crippen molar-refractivity contribution in [2.24, 2.45) is 0 Å². The van der Waals surface area contributed by atoms with E-state index in [4.69, 9.17) is 0 Å². The van der Waals surface area contributed by atoms with E-state index in [1.54, 1.807) is 18.2 Å². The smallest absolute Gasteiger partial charge is 0.274 e. The summed E-state index contributed by atoms with van der Waals surface area (Å²) in [4.78, 5) is 17.5. The monoisotopic (exact) mass is 387 g/mol. The first-order valence-corrected chi connectivity index (χ1v) is 8.56. The summed E-state index contributed by atoms with van der Waals surface area (Å²) in [6.45, 7) is 4.03. The van der Waals surface area contributed by atoms with Crippen LogP contribution in [0.3, 0.4) is 0 Å². The number of imidazole rings is 1. The molecule has 5 nitrogen and oxygen atoms in total. The first-order chi connectivity index (χ1) is 11.5. The third-order valence-corrected chi connectivity index (χ3v) is 4.18. The highest BCUT2D eigenvalue weighted by atomic mass is 79.9. The number of benzene rings is 1. The van der Waals surface area contributed by atoms with Gasteiger partial charge in [0.25, 0.3) is 5.91 Å². The number of pyridine rings is 1. The third-order valence-electron chi connectivity index (χ3n) is 3.75. The number of aromatic hydroxyl groups is 1. The quantitative estimate of drug-likeness (QED) is 0.700. The Morgan fingerprint density at radius 2 is 2.17 bits per heavy atom. The number of nitrogens with one attached hydrogen (secondary N) is 1. The van der Waals surface area contributed by atoms with E-state index >= 15 is 0 Å². The van der Waals surface area contributed by atoms with Crippen molar-refractivity contribution in [3.8, 4) is 5.75 Å². The molecule has 0 atom stereocenters. The lowest BCUT2D eigenvalue weighted by Crippen LogP contribution is -2.16. The summed E-state index contributed by atoms with van der Waals surface area (Å²) >= 11 is 3.48. The Morgan fingerprint density at radius 1 is 1.38 bits per heavy atom. The second kappa shape index (κ2) is 6.65. The molecule has 0 aliphatic carbocycles. The first-order valence-electron chi connectivity index (χ1n) is 7.77. The number of anilines is 1. The van der Waals surface area contributed by atoms with E-state index in [2.05, 4.69) is 33.2 Å². The molecule has 0 unspecified atom stereocenters. The number of nitrogens with zero attached hydrogens (tertiary/aromatic N) is 2. The summed E-state index contributed by atoms with van der Waals surface area (Å²) in [5, 5.41) is 12.4. The summed E-state index contributed by atoms with van der Waals surface area (Å²) in [6.07, 6.45) is 3.48. The van der Waals surface area contributed by atoms with Crippen molar-refractivity contribution >= 4 is 33.2 Å². The molecule has 1 aromatic carbocycles. The second-order valence-electron chi connectivity index (χ2n) is 5.70. The zero-order chi connectivity index (χ0) is 17.3. The van der Waals surface area contributed by atoms with E-state index in [0.717, 1.165) is 34.2 Å². The van der Waals surface area contributed by atoms with Crippen LogP contribution in [0.5, 0.6) is 5.75 Å². The van der Waals surface area contributed by atoms with Crippen molar-refractivity contribution in [1.82, 2.24) is 9.38 Å². The van der Waals surface area contributed by atoms with Crippen LogP contribution in [-0.4, -0.2) is 20.4 Å². The molecule has 3 rings (SSSR count). The first kappa shape index (κ1) is 16.5. The highest BCUT2D eigenvalue weighted by Crippen LogP contribution is 2.23. The number of fused-ring (bicyclic) bond motifs is 1. The summed E-state index contributed by atoms with van der Waals surface area (Å²) in [6, 6.07) is 8.48. The highest BCUT2D eigenvalue weighted by Gasteiger charge is 2.20. The van der Waals surface area contributed by atoms with Gasteiger partial charge < -0.3 is 10.4 Å². The maximum atomic E-state index is 12.8. The fraction of sp³-hybridized carbons (Fsp3) is 0.222. The molecule has 3 aromatic rings. The van der Waals surface area contributed by atoms with Crippen LogP contribution in [0.2, 0.25) is 0 Å². The Labute approximate surface area is 148 Å². The molecule has 1 amide bonds. The van der Waals surface area contributed by atoms with Crippen LogP contribution < -0.4 is 5.32 Å². The predicted octanol–water partition coefficient (Wildman–Crippen LogP) is 4.32. The Morgan fingerprint density at radius 3 is 2.88 bits per heavy atom. The summed E-state index contributed by atoms with van der Waals surface area (Å²) in [7, 11) is 0. The minimum Gasteiger partial charge on any atom is -0.508 e. The van der Waals surface area contributed by atoms with Crippen LogP contribution >= 0.6 is 15.9 Å². The van der Waals surface area contributed by atoms with Gasteiger partial charge in [-0.2, -0.15) is 0 Å². The van der Waals surface area contributed by atoms with Gasteiger partial charge in [-0.1, -0.05) is 19.4 Å². The number of phenolic OH excluding ortho intramolecular Hbond substituents is 1. The van der Waals surface area contributed by atoms with E-state index in [-0.39, 0.29) is 11.7 Å². The molecule has 0 aliphatic rings. The van der Waals surface area contributed by atoms with E-state index in [9.17, 15) is 9.90 Å². The molecule has 124 valence electrons. The fourth-order valence-corrected chi connectivity index (χ4v) is 3.29. The Bertz CT molecular complexity index is 918. The van der Waals surface area contributed by atoms with Crippen molar-refractivity contribution in [2.75, 3.05) is 5.32 Å². The zero-order valence-corrected chi connectivity index (χ0v) is 15.1. The fourth-order valence-electron chi connectivity index (χ4n) is 2.74. The van der Waals surface area contributed by atoms with Gasteiger partial charge >= 0.3 is 0 Å². The second-order valence-corrected chi connectivity index (χ2v) is 6.61. The number of rotatable bonds is 4. The standard InChI is InChI=1S/C18H18BrN3O2/c1-3-5-15-16(18(24)20-13-6-4-7-14(23)9-13)22-10-12(19)8-11(2)17(22)21-15/h4,6-10,23H,3,5H2,1-2H3,(H,20,24). The van der Waals surface area contributed by atoms with Crippen molar-refractivity contribution in [1.29, 1.82) is 0 Å².